The maximum atomic E-state index is 10.9. The summed E-state index contributed by atoms with van der Waals surface area (Å²) in [7, 11) is 0. The minimum Gasteiger partial charge on any atom is -0.486 e. The molecule has 0 heterocycles. The monoisotopic (exact) mass is 206 g/mol. The first kappa shape index (κ1) is 11.8. The van der Waals surface area contributed by atoms with E-state index < -0.39 is 0 Å². The molecule has 0 fully saturated rings. The van der Waals surface area contributed by atoms with Crippen molar-refractivity contribution in [1.29, 1.82) is 0 Å². The Hall–Kier alpha value is -1.31. The van der Waals surface area contributed by atoms with Gasteiger partial charge >= 0.3 is 0 Å². The van der Waals surface area contributed by atoms with Crippen molar-refractivity contribution in [2.45, 2.75) is 33.6 Å². The molecule has 1 rings (SSSR count). The summed E-state index contributed by atoms with van der Waals surface area (Å²) in [6, 6.07) is 6.11. The number of benzene rings is 1. The van der Waals surface area contributed by atoms with Crippen LogP contribution in [0.15, 0.2) is 18.2 Å². The lowest BCUT2D eigenvalue weighted by atomic mass is 10.0. The lowest BCUT2D eigenvalue weighted by Gasteiger charge is -2.13. The van der Waals surface area contributed by atoms with Crippen LogP contribution >= 0.6 is 0 Å². The highest BCUT2D eigenvalue weighted by atomic mass is 16.5. The molecular weight excluding hydrogens is 188 g/mol. The first-order valence-corrected chi connectivity index (χ1v) is 5.23. The minimum absolute atomic E-state index is 0.0474. The summed E-state index contributed by atoms with van der Waals surface area (Å²) >= 11 is 0. The van der Waals surface area contributed by atoms with Crippen molar-refractivity contribution in [2.75, 3.05) is 6.61 Å². The molecule has 15 heavy (non-hydrogen) atoms. The first-order valence-electron chi connectivity index (χ1n) is 5.23. The molecule has 0 aliphatic rings. The highest BCUT2D eigenvalue weighted by molar-refractivity contribution is 5.77. The maximum Gasteiger partial charge on any atom is 0.167 e. The van der Waals surface area contributed by atoms with Gasteiger partial charge in [0.15, 0.2) is 5.78 Å². The second kappa shape index (κ2) is 4.96. The Labute approximate surface area is 91.3 Å². The Bertz CT molecular complexity index is 354. The zero-order valence-corrected chi connectivity index (χ0v) is 9.83. The number of rotatable bonds is 4. The standard InChI is InChI=1S/C13H18O2/c1-9(2)12-6-5-10(3)7-13(12)15-8-11(4)14/h5-7,9H,8H2,1-4H3. The Morgan fingerprint density at radius 1 is 1.40 bits per heavy atom. The lowest BCUT2D eigenvalue weighted by Crippen LogP contribution is -2.08. The van der Waals surface area contributed by atoms with Crippen molar-refractivity contribution in [3.63, 3.8) is 0 Å². The van der Waals surface area contributed by atoms with Gasteiger partial charge in [0.1, 0.15) is 12.4 Å². The van der Waals surface area contributed by atoms with Crippen LogP contribution in [0.5, 0.6) is 5.75 Å². The molecule has 1 aromatic rings. The number of hydrogen-bond donors (Lipinski definition) is 0. The van der Waals surface area contributed by atoms with Crippen LogP contribution in [-0.4, -0.2) is 12.4 Å². The third-order valence-electron chi connectivity index (χ3n) is 2.22. The van der Waals surface area contributed by atoms with Crippen molar-refractivity contribution in [1.82, 2.24) is 0 Å². The van der Waals surface area contributed by atoms with Crippen LogP contribution in [0.2, 0.25) is 0 Å². The smallest absolute Gasteiger partial charge is 0.167 e. The average Bonchev–Trinajstić information content (AvgIpc) is 2.14. The van der Waals surface area contributed by atoms with Gasteiger partial charge in [-0.05, 0) is 37.0 Å². The molecule has 0 radical (unpaired) electrons. The number of ether oxygens (including phenoxy) is 1. The van der Waals surface area contributed by atoms with E-state index in [2.05, 4.69) is 26.0 Å². The van der Waals surface area contributed by atoms with Gasteiger partial charge in [-0.15, -0.1) is 0 Å². The summed E-state index contributed by atoms with van der Waals surface area (Å²) < 4.78 is 5.49. The molecule has 0 aliphatic heterocycles. The van der Waals surface area contributed by atoms with Crippen molar-refractivity contribution >= 4 is 5.78 Å². The van der Waals surface area contributed by atoms with Crippen LogP contribution in [0.1, 0.15) is 37.8 Å². The summed E-state index contributed by atoms with van der Waals surface area (Å²) in [5, 5.41) is 0. The van der Waals surface area contributed by atoms with Gasteiger partial charge in [-0.1, -0.05) is 26.0 Å². The van der Waals surface area contributed by atoms with Crippen molar-refractivity contribution in [3.05, 3.63) is 29.3 Å². The second-order valence-corrected chi connectivity index (χ2v) is 4.19. The summed E-state index contributed by atoms with van der Waals surface area (Å²) in [4.78, 5) is 10.9. The number of carbonyl (C=O) groups is 1. The molecule has 0 amide bonds. The molecule has 82 valence electrons. The zero-order chi connectivity index (χ0) is 11.4. The van der Waals surface area contributed by atoms with E-state index in [-0.39, 0.29) is 12.4 Å². The third-order valence-corrected chi connectivity index (χ3v) is 2.22. The fourth-order valence-electron chi connectivity index (χ4n) is 1.42. The fraction of sp³-hybridized carbons (Fsp3) is 0.462. The van der Waals surface area contributed by atoms with Gasteiger partial charge < -0.3 is 4.74 Å². The van der Waals surface area contributed by atoms with Gasteiger partial charge in [0.2, 0.25) is 0 Å². The van der Waals surface area contributed by atoms with Crippen molar-refractivity contribution in [2.24, 2.45) is 0 Å². The van der Waals surface area contributed by atoms with E-state index in [0.29, 0.717) is 5.92 Å². The van der Waals surface area contributed by atoms with E-state index in [0.717, 1.165) is 16.9 Å². The summed E-state index contributed by atoms with van der Waals surface area (Å²) in [6.07, 6.45) is 0. The van der Waals surface area contributed by atoms with Gasteiger partial charge in [0.25, 0.3) is 0 Å². The third kappa shape index (κ3) is 3.39. The molecule has 2 nitrogen and oxygen atoms in total. The molecule has 0 N–H and O–H groups in total. The molecule has 0 bridgehead atoms. The number of carbonyl (C=O) groups excluding carboxylic acids is 1. The van der Waals surface area contributed by atoms with E-state index in [1.165, 1.54) is 6.92 Å². The number of aryl methyl sites for hydroxylation is 1. The molecule has 0 unspecified atom stereocenters. The summed E-state index contributed by atoms with van der Waals surface area (Å²) in [5.41, 5.74) is 2.31. The number of Topliss-reactive ketones (excluding diaryl/α,β-unsaturated/α-hetero) is 1. The van der Waals surface area contributed by atoms with Crippen LogP contribution in [0.3, 0.4) is 0 Å². The molecule has 0 aliphatic carbocycles. The van der Waals surface area contributed by atoms with E-state index in [1.807, 2.05) is 13.0 Å². The van der Waals surface area contributed by atoms with E-state index >= 15 is 0 Å². The highest BCUT2D eigenvalue weighted by Crippen LogP contribution is 2.27. The quantitative estimate of drug-likeness (QED) is 0.756. The fourth-order valence-corrected chi connectivity index (χ4v) is 1.42. The second-order valence-electron chi connectivity index (χ2n) is 4.19. The lowest BCUT2D eigenvalue weighted by molar-refractivity contribution is -0.118. The average molecular weight is 206 g/mol. The molecule has 0 saturated heterocycles. The largest absolute Gasteiger partial charge is 0.486 e. The van der Waals surface area contributed by atoms with Gasteiger partial charge in [0.05, 0.1) is 0 Å². The van der Waals surface area contributed by atoms with Crippen LogP contribution in [-0.2, 0) is 4.79 Å². The number of hydrogen-bond acceptors (Lipinski definition) is 2. The van der Waals surface area contributed by atoms with Crippen molar-refractivity contribution in [3.8, 4) is 5.75 Å². The molecule has 2 heteroatoms. The van der Waals surface area contributed by atoms with Gasteiger partial charge in [-0.25, -0.2) is 0 Å². The molecular formula is C13H18O2. The predicted molar refractivity (Wildman–Crippen MR) is 61.4 cm³/mol. The van der Waals surface area contributed by atoms with Gasteiger partial charge in [-0.2, -0.15) is 0 Å². The predicted octanol–water partition coefficient (Wildman–Crippen LogP) is 3.09. The summed E-state index contributed by atoms with van der Waals surface area (Å²) in [5.74, 6) is 1.29. The van der Waals surface area contributed by atoms with Gasteiger partial charge in [-0.3, -0.25) is 4.79 Å². The highest BCUT2D eigenvalue weighted by Gasteiger charge is 2.08. The molecule has 0 atom stereocenters. The zero-order valence-electron chi connectivity index (χ0n) is 9.83. The van der Waals surface area contributed by atoms with Crippen LogP contribution in [0.4, 0.5) is 0 Å². The van der Waals surface area contributed by atoms with Crippen LogP contribution in [0.25, 0.3) is 0 Å². The van der Waals surface area contributed by atoms with E-state index in [1.54, 1.807) is 0 Å². The van der Waals surface area contributed by atoms with Crippen LogP contribution < -0.4 is 4.74 Å². The summed E-state index contributed by atoms with van der Waals surface area (Å²) in [6.45, 7) is 7.94. The Morgan fingerprint density at radius 3 is 2.60 bits per heavy atom. The molecule has 0 aromatic heterocycles. The Balaban J connectivity index is 2.91. The van der Waals surface area contributed by atoms with E-state index in [4.69, 9.17) is 4.74 Å². The van der Waals surface area contributed by atoms with Crippen molar-refractivity contribution < 1.29 is 9.53 Å². The maximum absolute atomic E-state index is 10.9. The SMILES string of the molecule is CC(=O)COc1cc(C)ccc1C(C)C. The molecule has 1 aromatic carbocycles. The minimum atomic E-state index is 0.0474. The number of ketones is 1. The first-order chi connectivity index (χ1) is 7.00. The van der Waals surface area contributed by atoms with Gasteiger partial charge in [0, 0.05) is 0 Å². The molecule has 0 saturated carbocycles. The molecule has 0 spiro atoms. The Morgan fingerprint density at radius 2 is 2.07 bits per heavy atom. The van der Waals surface area contributed by atoms with E-state index in [9.17, 15) is 4.79 Å². The van der Waals surface area contributed by atoms with Crippen LogP contribution in [0, 0.1) is 6.92 Å². The normalized spacial score (nSPS) is 10.5. The Kier molecular flexibility index (Phi) is 3.89. The topological polar surface area (TPSA) is 26.3 Å².